The molecule has 1 aliphatic rings. The van der Waals surface area contributed by atoms with Gasteiger partial charge in [-0.05, 0) is 73.4 Å². The molecule has 0 spiro atoms. The van der Waals surface area contributed by atoms with Gasteiger partial charge in [-0.1, -0.05) is 37.3 Å². The average molecular weight is 472 g/mol. The molecular weight excluding hydrogens is 442 g/mol. The second-order valence-corrected chi connectivity index (χ2v) is 8.66. The number of aliphatic hydroxyl groups excluding tert-OH is 1. The molecule has 0 bridgehead atoms. The number of hydrogen-bond acceptors (Lipinski definition) is 5. The molecular formula is C29H29NO5. The minimum absolute atomic E-state index is 0.0342. The van der Waals surface area contributed by atoms with Gasteiger partial charge in [-0.25, -0.2) is 0 Å². The van der Waals surface area contributed by atoms with Crippen LogP contribution in [0, 0.1) is 13.8 Å². The van der Waals surface area contributed by atoms with Crippen LogP contribution in [0.25, 0.3) is 5.76 Å². The number of rotatable bonds is 7. The molecule has 4 rings (SSSR count). The van der Waals surface area contributed by atoms with Gasteiger partial charge in [0.15, 0.2) is 0 Å². The molecule has 0 aliphatic carbocycles. The summed E-state index contributed by atoms with van der Waals surface area (Å²) >= 11 is 0. The number of aryl methyl sites for hydroxylation is 2. The number of hydrogen-bond donors (Lipinski definition) is 1. The van der Waals surface area contributed by atoms with Gasteiger partial charge in [0.1, 0.15) is 17.3 Å². The summed E-state index contributed by atoms with van der Waals surface area (Å²) in [5.74, 6) is -0.422. The van der Waals surface area contributed by atoms with Crippen molar-refractivity contribution in [2.45, 2.75) is 33.2 Å². The summed E-state index contributed by atoms with van der Waals surface area (Å²) in [6, 6.07) is 19.0. The molecule has 1 amide bonds. The first-order chi connectivity index (χ1) is 16.8. The molecule has 0 saturated carbocycles. The fourth-order valence-electron chi connectivity index (χ4n) is 4.40. The van der Waals surface area contributed by atoms with Crippen LogP contribution >= 0.6 is 0 Å². The molecule has 6 nitrogen and oxygen atoms in total. The normalized spacial score (nSPS) is 17.0. The van der Waals surface area contributed by atoms with Crippen LogP contribution in [0.5, 0.6) is 11.5 Å². The van der Waals surface area contributed by atoms with Crippen LogP contribution in [-0.2, 0) is 9.59 Å². The number of ether oxygens (including phenoxy) is 2. The van der Waals surface area contributed by atoms with Gasteiger partial charge >= 0.3 is 0 Å². The number of nitrogens with zero attached hydrogens (tertiary/aromatic N) is 1. The molecule has 1 N–H and O–H groups in total. The summed E-state index contributed by atoms with van der Waals surface area (Å²) in [5.41, 5.74) is 3.67. The lowest BCUT2D eigenvalue weighted by atomic mass is 9.95. The lowest BCUT2D eigenvalue weighted by molar-refractivity contribution is -0.132. The molecule has 1 saturated heterocycles. The molecule has 180 valence electrons. The largest absolute Gasteiger partial charge is 0.507 e. The molecule has 1 unspecified atom stereocenters. The number of anilines is 1. The summed E-state index contributed by atoms with van der Waals surface area (Å²) in [6.45, 7) is 6.43. The number of ketones is 1. The fourth-order valence-corrected chi connectivity index (χ4v) is 4.40. The maximum Gasteiger partial charge on any atom is 0.300 e. The van der Waals surface area contributed by atoms with E-state index in [2.05, 4.69) is 0 Å². The van der Waals surface area contributed by atoms with Crippen LogP contribution in [0.1, 0.15) is 41.6 Å². The zero-order valence-corrected chi connectivity index (χ0v) is 20.4. The van der Waals surface area contributed by atoms with E-state index >= 15 is 0 Å². The fraction of sp³-hybridized carbons (Fsp3) is 0.241. The zero-order valence-electron chi connectivity index (χ0n) is 20.4. The Kier molecular flexibility index (Phi) is 6.92. The smallest absolute Gasteiger partial charge is 0.300 e. The van der Waals surface area contributed by atoms with Crippen LogP contribution in [0.15, 0.2) is 72.3 Å². The Morgan fingerprint density at radius 1 is 0.943 bits per heavy atom. The number of carbonyl (C=O) groups is 2. The predicted octanol–water partition coefficient (Wildman–Crippen LogP) is 5.73. The summed E-state index contributed by atoms with van der Waals surface area (Å²) < 4.78 is 11.0. The van der Waals surface area contributed by atoms with Crippen molar-refractivity contribution in [3.8, 4) is 11.5 Å². The van der Waals surface area contributed by atoms with Gasteiger partial charge in [-0.2, -0.15) is 0 Å². The Morgan fingerprint density at radius 3 is 2.26 bits per heavy atom. The van der Waals surface area contributed by atoms with E-state index in [4.69, 9.17) is 9.47 Å². The maximum atomic E-state index is 13.4. The van der Waals surface area contributed by atoms with Gasteiger partial charge in [-0.15, -0.1) is 0 Å². The highest BCUT2D eigenvalue weighted by Gasteiger charge is 2.47. The second-order valence-electron chi connectivity index (χ2n) is 8.66. The molecule has 1 aliphatic heterocycles. The number of benzene rings is 3. The Bertz CT molecular complexity index is 1270. The van der Waals surface area contributed by atoms with Gasteiger partial charge in [0, 0.05) is 11.3 Å². The van der Waals surface area contributed by atoms with Crippen molar-refractivity contribution in [1.82, 2.24) is 0 Å². The highest BCUT2D eigenvalue weighted by atomic mass is 16.5. The Morgan fingerprint density at radius 2 is 1.63 bits per heavy atom. The van der Waals surface area contributed by atoms with E-state index in [9.17, 15) is 14.7 Å². The third-order valence-electron chi connectivity index (χ3n) is 5.94. The molecule has 35 heavy (non-hydrogen) atoms. The molecule has 3 aromatic carbocycles. The van der Waals surface area contributed by atoms with Crippen molar-refractivity contribution in [3.63, 3.8) is 0 Å². The molecule has 0 aromatic heterocycles. The van der Waals surface area contributed by atoms with Gasteiger partial charge in [0.05, 0.1) is 25.3 Å². The molecule has 6 heteroatoms. The van der Waals surface area contributed by atoms with E-state index in [1.807, 2.05) is 39.0 Å². The Balaban J connectivity index is 1.90. The van der Waals surface area contributed by atoms with Crippen LogP contribution < -0.4 is 14.4 Å². The third-order valence-corrected chi connectivity index (χ3v) is 5.94. The average Bonchev–Trinajstić information content (AvgIpc) is 3.12. The quantitative estimate of drug-likeness (QED) is 0.271. The monoisotopic (exact) mass is 471 g/mol. The Hall–Kier alpha value is -4.06. The van der Waals surface area contributed by atoms with Crippen LogP contribution in [-0.4, -0.2) is 30.5 Å². The highest BCUT2D eigenvalue weighted by molar-refractivity contribution is 6.51. The van der Waals surface area contributed by atoms with Crippen LogP contribution in [0.3, 0.4) is 0 Å². The topological polar surface area (TPSA) is 76.1 Å². The van der Waals surface area contributed by atoms with E-state index in [1.54, 1.807) is 55.6 Å². The number of amides is 1. The standard InChI is InChI=1S/C29H29NO5/c1-5-13-35-24-8-6-7-21(17-24)27(31)25-26(20-9-11-23(34-4)12-10-20)30(29(33)28(25)32)22-15-18(2)14-19(3)16-22/h6-12,14-17,26,31H,5,13H2,1-4H3/b27-25+. The summed E-state index contributed by atoms with van der Waals surface area (Å²) in [6.07, 6.45) is 0.842. The van der Waals surface area contributed by atoms with Gasteiger partial charge in [0.25, 0.3) is 11.7 Å². The number of Topliss-reactive ketones (excluding diaryl/α,β-unsaturated/α-hetero) is 1. The van der Waals surface area contributed by atoms with E-state index in [0.717, 1.165) is 17.5 Å². The summed E-state index contributed by atoms with van der Waals surface area (Å²) in [7, 11) is 1.57. The highest BCUT2D eigenvalue weighted by Crippen LogP contribution is 2.43. The second kappa shape index (κ2) is 10.1. The number of aliphatic hydroxyl groups is 1. The predicted molar refractivity (Wildman–Crippen MR) is 136 cm³/mol. The molecule has 1 heterocycles. The van der Waals surface area contributed by atoms with Gasteiger partial charge < -0.3 is 14.6 Å². The SMILES string of the molecule is CCCOc1cccc(/C(O)=C2\C(=O)C(=O)N(c3cc(C)cc(C)c3)C2c2ccc(OC)cc2)c1. The molecule has 1 fully saturated rings. The van der Waals surface area contributed by atoms with Crippen LogP contribution in [0.4, 0.5) is 5.69 Å². The molecule has 3 aromatic rings. The zero-order chi connectivity index (χ0) is 25.1. The van der Waals surface area contributed by atoms with Crippen LogP contribution in [0.2, 0.25) is 0 Å². The van der Waals surface area contributed by atoms with Crippen molar-refractivity contribution in [3.05, 3.63) is 94.6 Å². The lowest BCUT2D eigenvalue weighted by Crippen LogP contribution is -2.29. The van der Waals surface area contributed by atoms with E-state index in [-0.39, 0.29) is 11.3 Å². The van der Waals surface area contributed by atoms with Gasteiger partial charge in [0.2, 0.25) is 0 Å². The first-order valence-corrected chi connectivity index (χ1v) is 11.6. The van der Waals surface area contributed by atoms with E-state index in [0.29, 0.717) is 34.9 Å². The van der Waals surface area contributed by atoms with Crippen molar-refractivity contribution in [1.29, 1.82) is 0 Å². The maximum absolute atomic E-state index is 13.4. The first-order valence-electron chi connectivity index (χ1n) is 11.6. The van der Waals surface area contributed by atoms with Gasteiger partial charge in [-0.3, -0.25) is 14.5 Å². The number of methoxy groups -OCH3 is 1. The van der Waals surface area contributed by atoms with Crippen molar-refractivity contribution >= 4 is 23.1 Å². The van der Waals surface area contributed by atoms with Crippen molar-refractivity contribution in [2.24, 2.45) is 0 Å². The lowest BCUT2D eigenvalue weighted by Gasteiger charge is -2.26. The Labute approximate surface area is 205 Å². The minimum atomic E-state index is -0.803. The third kappa shape index (κ3) is 4.78. The van der Waals surface area contributed by atoms with Crippen molar-refractivity contribution < 1.29 is 24.2 Å². The first kappa shape index (κ1) is 24.1. The minimum Gasteiger partial charge on any atom is -0.507 e. The van der Waals surface area contributed by atoms with Crippen molar-refractivity contribution in [2.75, 3.05) is 18.6 Å². The van der Waals surface area contributed by atoms with E-state index < -0.39 is 17.7 Å². The summed E-state index contributed by atoms with van der Waals surface area (Å²) in [4.78, 5) is 28.2. The van der Waals surface area contributed by atoms with E-state index in [1.165, 1.54) is 4.90 Å². The summed E-state index contributed by atoms with van der Waals surface area (Å²) in [5, 5.41) is 11.4. The molecule has 1 atom stereocenters. The molecule has 0 radical (unpaired) electrons. The number of carbonyl (C=O) groups excluding carboxylic acids is 2.